The Kier molecular flexibility index (Phi) is 5.30. The molecule has 0 amide bonds. The zero-order valence-corrected chi connectivity index (χ0v) is 13.7. The average Bonchev–Trinajstić information content (AvgIpc) is 2.59. The lowest BCUT2D eigenvalue weighted by molar-refractivity contribution is 0.196. The van der Waals surface area contributed by atoms with Crippen molar-refractivity contribution in [3.63, 3.8) is 0 Å². The number of hydrogen-bond acceptors (Lipinski definition) is 0. The van der Waals surface area contributed by atoms with Gasteiger partial charge in [-0.05, 0) is 92.4 Å². The molecule has 23 heavy (non-hydrogen) atoms. The van der Waals surface area contributed by atoms with Gasteiger partial charge in [0.05, 0.1) is 0 Å². The van der Waals surface area contributed by atoms with Gasteiger partial charge in [-0.3, -0.25) is 0 Å². The molecule has 1 unspecified atom stereocenters. The number of allylic oxidation sites excluding steroid dienone is 3. The minimum absolute atomic E-state index is 0.744. The fourth-order valence-corrected chi connectivity index (χ4v) is 4.37. The SMILES string of the molecule is C=CCC1CCC(C2CC=C(c3ccc(F)c(F)c3)CC2)CC1. The van der Waals surface area contributed by atoms with E-state index in [0.29, 0.717) is 0 Å². The van der Waals surface area contributed by atoms with Gasteiger partial charge in [-0.2, -0.15) is 0 Å². The van der Waals surface area contributed by atoms with Crippen molar-refractivity contribution in [2.45, 2.75) is 51.4 Å². The van der Waals surface area contributed by atoms with Crippen LogP contribution in [0.2, 0.25) is 0 Å². The van der Waals surface area contributed by atoms with E-state index >= 15 is 0 Å². The van der Waals surface area contributed by atoms with Crippen LogP contribution in [0.15, 0.2) is 36.9 Å². The van der Waals surface area contributed by atoms with Crippen molar-refractivity contribution in [1.82, 2.24) is 0 Å². The maximum Gasteiger partial charge on any atom is 0.159 e. The van der Waals surface area contributed by atoms with Gasteiger partial charge >= 0.3 is 0 Å². The summed E-state index contributed by atoms with van der Waals surface area (Å²) < 4.78 is 26.4. The Morgan fingerprint density at radius 1 is 1.00 bits per heavy atom. The Labute approximate surface area is 138 Å². The first-order valence-electron chi connectivity index (χ1n) is 8.92. The third-order valence-corrected chi connectivity index (χ3v) is 5.80. The second-order valence-corrected chi connectivity index (χ2v) is 7.20. The Morgan fingerprint density at radius 3 is 2.39 bits per heavy atom. The van der Waals surface area contributed by atoms with Gasteiger partial charge in [-0.1, -0.05) is 18.2 Å². The maximum absolute atomic E-state index is 13.4. The van der Waals surface area contributed by atoms with Crippen LogP contribution in [0.25, 0.3) is 5.57 Å². The van der Waals surface area contributed by atoms with Crippen LogP contribution in [0.3, 0.4) is 0 Å². The number of halogens is 2. The average molecular weight is 316 g/mol. The fourth-order valence-electron chi connectivity index (χ4n) is 4.37. The van der Waals surface area contributed by atoms with Gasteiger partial charge in [0.25, 0.3) is 0 Å². The zero-order valence-electron chi connectivity index (χ0n) is 13.7. The van der Waals surface area contributed by atoms with Crippen molar-refractivity contribution in [2.75, 3.05) is 0 Å². The van der Waals surface area contributed by atoms with Crippen molar-refractivity contribution in [3.05, 3.63) is 54.1 Å². The smallest absolute Gasteiger partial charge is 0.159 e. The highest BCUT2D eigenvalue weighted by Gasteiger charge is 2.28. The Balaban J connectivity index is 1.58. The van der Waals surface area contributed by atoms with Gasteiger partial charge in [0.15, 0.2) is 11.6 Å². The standard InChI is InChI=1S/C21H26F2/c1-2-3-15-4-6-16(7-5-15)17-8-10-18(11-9-17)19-12-13-20(22)21(23)14-19/h2,10,12-17H,1,3-9,11H2. The Morgan fingerprint density at radius 2 is 1.78 bits per heavy atom. The minimum Gasteiger partial charge on any atom is -0.204 e. The summed E-state index contributed by atoms with van der Waals surface area (Å²) in [5, 5.41) is 0. The Bertz CT molecular complexity index is 580. The van der Waals surface area contributed by atoms with Gasteiger partial charge in [0.2, 0.25) is 0 Å². The van der Waals surface area contributed by atoms with Crippen molar-refractivity contribution < 1.29 is 8.78 Å². The van der Waals surface area contributed by atoms with Gasteiger partial charge in [0.1, 0.15) is 0 Å². The van der Waals surface area contributed by atoms with Crippen molar-refractivity contribution in [3.8, 4) is 0 Å². The molecule has 124 valence electrons. The quantitative estimate of drug-likeness (QED) is 0.554. The molecule has 1 saturated carbocycles. The van der Waals surface area contributed by atoms with Crippen molar-refractivity contribution >= 4 is 5.57 Å². The molecule has 3 rings (SSSR count). The summed E-state index contributed by atoms with van der Waals surface area (Å²) in [4.78, 5) is 0. The molecular formula is C21H26F2. The molecule has 0 aliphatic heterocycles. The molecule has 1 fully saturated rings. The van der Waals surface area contributed by atoms with E-state index in [1.807, 2.05) is 0 Å². The van der Waals surface area contributed by atoms with E-state index < -0.39 is 11.6 Å². The molecule has 0 N–H and O–H groups in total. The first-order valence-corrected chi connectivity index (χ1v) is 8.92. The Hall–Kier alpha value is -1.44. The highest BCUT2D eigenvalue weighted by atomic mass is 19.2. The van der Waals surface area contributed by atoms with Gasteiger partial charge in [-0.15, -0.1) is 6.58 Å². The topological polar surface area (TPSA) is 0 Å². The van der Waals surface area contributed by atoms with Crippen LogP contribution in [0.4, 0.5) is 8.78 Å². The molecule has 0 radical (unpaired) electrons. The summed E-state index contributed by atoms with van der Waals surface area (Å²) >= 11 is 0. The predicted molar refractivity (Wildman–Crippen MR) is 91.9 cm³/mol. The third kappa shape index (κ3) is 3.91. The van der Waals surface area contributed by atoms with Crippen molar-refractivity contribution in [2.24, 2.45) is 17.8 Å². The first kappa shape index (κ1) is 16.4. The van der Waals surface area contributed by atoms with E-state index in [2.05, 4.69) is 18.7 Å². The van der Waals surface area contributed by atoms with E-state index in [9.17, 15) is 8.78 Å². The van der Waals surface area contributed by atoms with E-state index in [0.717, 1.165) is 42.6 Å². The van der Waals surface area contributed by atoms with E-state index in [-0.39, 0.29) is 0 Å². The molecule has 0 spiro atoms. The molecule has 2 heteroatoms. The summed E-state index contributed by atoms with van der Waals surface area (Å²) in [7, 11) is 0. The maximum atomic E-state index is 13.4. The summed E-state index contributed by atoms with van der Waals surface area (Å²) in [6.07, 6.45) is 14.1. The molecule has 0 saturated heterocycles. The molecule has 0 bridgehead atoms. The molecular weight excluding hydrogens is 290 g/mol. The third-order valence-electron chi connectivity index (χ3n) is 5.80. The van der Waals surface area contributed by atoms with Crippen LogP contribution in [0, 0.1) is 29.4 Å². The van der Waals surface area contributed by atoms with Crippen LogP contribution in [0.1, 0.15) is 56.9 Å². The van der Waals surface area contributed by atoms with Gasteiger partial charge in [-0.25, -0.2) is 8.78 Å². The van der Waals surface area contributed by atoms with Crippen LogP contribution in [0.5, 0.6) is 0 Å². The highest BCUT2D eigenvalue weighted by molar-refractivity contribution is 5.66. The molecule has 0 heterocycles. The predicted octanol–water partition coefficient (Wildman–Crippen LogP) is 6.53. The summed E-state index contributed by atoms with van der Waals surface area (Å²) in [6, 6.07) is 4.27. The van der Waals surface area contributed by atoms with Gasteiger partial charge < -0.3 is 0 Å². The number of rotatable bonds is 4. The number of hydrogen-bond donors (Lipinski definition) is 0. The monoisotopic (exact) mass is 316 g/mol. The molecule has 0 nitrogen and oxygen atoms in total. The largest absolute Gasteiger partial charge is 0.204 e. The summed E-state index contributed by atoms with van der Waals surface area (Å²) in [6.45, 7) is 3.85. The second kappa shape index (κ2) is 7.42. The van der Waals surface area contributed by atoms with Crippen molar-refractivity contribution in [1.29, 1.82) is 0 Å². The van der Waals surface area contributed by atoms with Crippen LogP contribution < -0.4 is 0 Å². The molecule has 1 aromatic rings. The normalized spacial score (nSPS) is 28.3. The molecule has 2 aliphatic carbocycles. The number of benzene rings is 1. The minimum atomic E-state index is -0.765. The summed E-state index contributed by atoms with van der Waals surface area (Å²) in [5.74, 6) is 0.957. The molecule has 0 aromatic heterocycles. The molecule has 1 aromatic carbocycles. The van der Waals surface area contributed by atoms with Crippen LogP contribution in [-0.2, 0) is 0 Å². The lowest BCUT2D eigenvalue weighted by Crippen LogP contribution is -2.23. The van der Waals surface area contributed by atoms with E-state index in [1.54, 1.807) is 6.07 Å². The summed E-state index contributed by atoms with van der Waals surface area (Å²) in [5.41, 5.74) is 2.03. The molecule has 1 atom stereocenters. The second-order valence-electron chi connectivity index (χ2n) is 7.20. The van der Waals surface area contributed by atoms with E-state index in [1.165, 1.54) is 49.8 Å². The van der Waals surface area contributed by atoms with Crippen LogP contribution >= 0.6 is 0 Å². The van der Waals surface area contributed by atoms with Gasteiger partial charge in [0, 0.05) is 0 Å². The fraction of sp³-hybridized carbons (Fsp3) is 0.524. The zero-order chi connectivity index (χ0) is 16.2. The lowest BCUT2D eigenvalue weighted by Gasteiger charge is -2.35. The van der Waals surface area contributed by atoms with Crippen LogP contribution in [-0.4, -0.2) is 0 Å². The molecule has 2 aliphatic rings. The van der Waals surface area contributed by atoms with E-state index in [4.69, 9.17) is 0 Å². The first-order chi connectivity index (χ1) is 11.2. The lowest BCUT2D eigenvalue weighted by atomic mass is 9.70. The highest BCUT2D eigenvalue weighted by Crippen LogP contribution is 2.41.